The number of aliphatic hydroxyl groups excluding tert-OH is 2. The highest BCUT2D eigenvalue weighted by Gasteiger charge is 2.25. The quantitative estimate of drug-likeness (QED) is 0.714. The van der Waals surface area contributed by atoms with Gasteiger partial charge in [-0.25, -0.2) is 0 Å². The van der Waals surface area contributed by atoms with Crippen LogP contribution in [-0.2, 0) is 6.54 Å². The first-order chi connectivity index (χ1) is 10.5. The molecule has 1 atom stereocenters. The van der Waals surface area contributed by atoms with Gasteiger partial charge in [-0.3, -0.25) is 4.90 Å². The van der Waals surface area contributed by atoms with Gasteiger partial charge in [0.15, 0.2) is 0 Å². The molecule has 1 unspecified atom stereocenters. The molecule has 1 heterocycles. The monoisotopic (exact) mass is 310 g/mol. The molecule has 6 heteroatoms. The predicted molar refractivity (Wildman–Crippen MR) is 84.3 cm³/mol. The van der Waals surface area contributed by atoms with E-state index < -0.39 is 6.10 Å². The van der Waals surface area contributed by atoms with E-state index in [4.69, 9.17) is 9.47 Å². The summed E-state index contributed by atoms with van der Waals surface area (Å²) < 4.78 is 11.0. The number of hydrogen-bond acceptors (Lipinski definition) is 6. The van der Waals surface area contributed by atoms with E-state index in [0.717, 1.165) is 17.1 Å². The zero-order valence-corrected chi connectivity index (χ0v) is 13.5. The number of hydrogen-bond donors (Lipinski definition) is 2. The Balaban J connectivity index is 1.99. The lowest BCUT2D eigenvalue weighted by atomic mass is 10.1. The van der Waals surface area contributed by atoms with E-state index in [0.29, 0.717) is 26.2 Å². The lowest BCUT2D eigenvalue weighted by Crippen LogP contribution is -2.49. The molecule has 1 aromatic rings. The highest BCUT2D eigenvalue weighted by Crippen LogP contribution is 2.27. The predicted octanol–water partition coefficient (Wildman–Crippen LogP) is 0.173. The minimum Gasteiger partial charge on any atom is -0.497 e. The Morgan fingerprint density at radius 2 is 2.09 bits per heavy atom. The zero-order valence-electron chi connectivity index (χ0n) is 13.5. The highest BCUT2D eigenvalue weighted by molar-refractivity contribution is 5.40. The van der Waals surface area contributed by atoms with Gasteiger partial charge in [-0.1, -0.05) is 0 Å². The lowest BCUT2D eigenvalue weighted by molar-refractivity contribution is -0.00354. The highest BCUT2D eigenvalue weighted by atomic mass is 16.5. The Hall–Kier alpha value is -1.34. The maximum atomic E-state index is 9.91. The Bertz CT molecular complexity index is 475. The van der Waals surface area contributed by atoms with Gasteiger partial charge in [-0.05, 0) is 32.3 Å². The SMILES string of the molecule is COc1ccc(OCC(O)CN(C)C)c(CN2CC(O)C2)c1. The lowest BCUT2D eigenvalue weighted by Gasteiger charge is -2.36. The van der Waals surface area contributed by atoms with E-state index in [-0.39, 0.29) is 12.7 Å². The molecule has 2 rings (SSSR count). The smallest absolute Gasteiger partial charge is 0.124 e. The fourth-order valence-electron chi connectivity index (χ4n) is 2.52. The average Bonchev–Trinajstić information content (AvgIpc) is 2.43. The Morgan fingerprint density at radius 1 is 1.36 bits per heavy atom. The number of rotatable bonds is 8. The van der Waals surface area contributed by atoms with Gasteiger partial charge in [-0.15, -0.1) is 0 Å². The molecule has 22 heavy (non-hydrogen) atoms. The Kier molecular flexibility index (Phi) is 6.02. The second kappa shape index (κ2) is 7.78. The third kappa shape index (κ3) is 4.84. The maximum absolute atomic E-state index is 9.91. The first-order valence-corrected chi connectivity index (χ1v) is 7.51. The van der Waals surface area contributed by atoms with Crippen LogP contribution < -0.4 is 9.47 Å². The molecule has 0 saturated carbocycles. The fraction of sp³-hybridized carbons (Fsp3) is 0.625. The van der Waals surface area contributed by atoms with Crippen LogP contribution in [0.3, 0.4) is 0 Å². The molecule has 2 N–H and O–H groups in total. The average molecular weight is 310 g/mol. The van der Waals surface area contributed by atoms with Gasteiger partial charge in [0.05, 0.1) is 13.2 Å². The van der Waals surface area contributed by atoms with Gasteiger partial charge in [0.1, 0.15) is 24.2 Å². The molecule has 1 aliphatic heterocycles. The summed E-state index contributed by atoms with van der Waals surface area (Å²) in [6.45, 7) is 2.87. The topological polar surface area (TPSA) is 65.4 Å². The zero-order chi connectivity index (χ0) is 16.1. The van der Waals surface area contributed by atoms with Crippen molar-refractivity contribution in [3.63, 3.8) is 0 Å². The van der Waals surface area contributed by atoms with Crippen LogP contribution in [-0.4, -0.2) is 79.7 Å². The second-order valence-corrected chi connectivity index (χ2v) is 6.05. The molecule has 0 spiro atoms. The Morgan fingerprint density at radius 3 is 2.68 bits per heavy atom. The van der Waals surface area contributed by atoms with Crippen LogP contribution in [0.4, 0.5) is 0 Å². The van der Waals surface area contributed by atoms with Crippen LogP contribution >= 0.6 is 0 Å². The number of β-amino-alcohol motifs (C(OH)–C–C–N with tert-alkyl or cyclic N) is 1. The summed E-state index contributed by atoms with van der Waals surface area (Å²) in [5.74, 6) is 1.53. The van der Waals surface area contributed by atoms with Gasteiger partial charge in [-0.2, -0.15) is 0 Å². The summed E-state index contributed by atoms with van der Waals surface area (Å²) in [7, 11) is 5.46. The standard InChI is InChI=1S/C16H26N2O4/c1-17(2)8-14(20)11-22-16-5-4-15(21-3)6-12(16)7-18-9-13(19)10-18/h4-6,13-14,19-20H,7-11H2,1-3H3. The van der Waals surface area contributed by atoms with E-state index >= 15 is 0 Å². The van der Waals surface area contributed by atoms with Gasteiger partial charge in [0, 0.05) is 31.7 Å². The van der Waals surface area contributed by atoms with Crippen molar-refractivity contribution < 1.29 is 19.7 Å². The second-order valence-electron chi connectivity index (χ2n) is 6.05. The minimum atomic E-state index is -0.532. The maximum Gasteiger partial charge on any atom is 0.124 e. The number of aliphatic hydroxyl groups is 2. The molecule has 124 valence electrons. The molecular weight excluding hydrogens is 284 g/mol. The number of nitrogens with zero attached hydrogens (tertiary/aromatic N) is 2. The van der Waals surface area contributed by atoms with Gasteiger partial charge < -0.3 is 24.6 Å². The molecule has 0 amide bonds. The van der Waals surface area contributed by atoms with Gasteiger partial charge >= 0.3 is 0 Å². The summed E-state index contributed by atoms with van der Waals surface area (Å²) in [6.07, 6.45) is -0.757. The van der Waals surface area contributed by atoms with Crippen molar-refractivity contribution in [2.24, 2.45) is 0 Å². The number of methoxy groups -OCH3 is 1. The number of likely N-dealkylation sites (N-methyl/N-ethyl adjacent to an activating group) is 1. The number of benzene rings is 1. The summed E-state index contributed by atoms with van der Waals surface area (Å²) in [5.41, 5.74) is 1.00. The van der Waals surface area contributed by atoms with Crippen molar-refractivity contribution in [3.05, 3.63) is 23.8 Å². The largest absolute Gasteiger partial charge is 0.497 e. The number of likely N-dealkylation sites (tertiary alicyclic amines) is 1. The van der Waals surface area contributed by atoms with Crippen molar-refractivity contribution in [2.75, 3.05) is 47.4 Å². The summed E-state index contributed by atoms with van der Waals surface area (Å²) in [6, 6.07) is 5.66. The molecule has 1 fully saturated rings. The van der Waals surface area contributed by atoms with Gasteiger partial charge in [0.25, 0.3) is 0 Å². The Labute approximate surface area is 131 Å². The van der Waals surface area contributed by atoms with Crippen LogP contribution in [0.15, 0.2) is 18.2 Å². The minimum absolute atomic E-state index is 0.225. The van der Waals surface area contributed by atoms with Crippen LogP contribution in [0.1, 0.15) is 5.56 Å². The van der Waals surface area contributed by atoms with Crippen LogP contribution in [0, 0.1) is 0 Å². The van der Waals surface area contributed by atoms with Crippen molar-refractivity contribution in [3.8, 4) is 11.5 Å². The van der Waals surface area contributed by atoms with Crippen molar-refractivity contribution >= 4 is 0 Å². The van der Waals surface area contributed by atoms with E-state index in [1.165, 1.54) is 0 Å². The molecule has 0 bridgehead atoms. The molecule has 0 aliphatic carbocycles. The third-order valence-electron chi connectivity index (χ3n) is 3.61. The molecule has 6 nitrogen and oxygen atoms in total. The molecule has 1 saturated heterocycles. The molecule has 0 aromatic heterocycles. The molecule has 1 aromatic carbocycles. The molecule has 1 aliphatic rings. The van der Waals surface area contributed by atoms with Crippen LogP contribution in [0.2, 0.25) is 0 Å². The summed E-state index contributed by atoms with van der Waals surface area (Å²) in [5, 5.41) is 19.3. The van der Waals surface area contributed by atoms with E-state index in [2.05, 4.69) is 4.90 Å². The fourth-order valence-corrected chi connectivity index (χ4v) is 2.52. The third-order valence-corrected chi connectivity index (χ3v) is 3.61. The summed E-state index contributed by atoms with van der Waals surface area (Å²) in [4.78, 5) is 4.06. The normalized spacial score (nSPS) is 17.4. The van der Waals surface area contributed by atoms with Gasteiger partial charge in [0.2, 0.25) is 0 Å². The van der Waals surface area contributed by atoms with E-state index in [1.807, 2.05) is 37.2 Å². The molecular formula is C16H26N2O4. The summed E-state index contributed by atoms with van der Waals surface area (Å²) >= 11 is 0. The van der Waals surface area contributed by atoms with E-state index in [1.54, 1.807) is 7.11 Å². The van der Waals surface area contributed by atoms with Crippen LogP contribution in [0.5, 0.6) is 11.5 Å². The molecule has 0 radical (unpaired) electrons. The first kappa shape index (κ1) is 17.0. The van der Waals surface area contributed by atoms with Crippen molar-refractivity contribution in [1.29, 1.82) is 0 Å². The number of ether oxygens (including phenoxy) is 2. The van der Waals surface area contributed by atoms with Crippen molar-refractivity contribution in [1.82, 2.24) is 9.80 Å². The van der Waals surface area contributed by atoms with Crippen molar-refractivity contribution in [2.45, 2.75) is 18.8 Å². The van der Waals surface area contributed by atoms with E-state index in [9.17, 15) is 10.2 Å². The first-order valence-electron chi connectivity index (χ1n) is 7.51. The van der Waals surface area contributed by atoms with Crippen LogP contribution in [0.25, 0.3) is 0 Å².